The third-order valence-corrected chi connectivity index (χ3v) is 6.15. The average Bonchev–Trinajstić information content (AvgIpc) is 3.43. The second kappa shape index (κ2) is 7.07. The van der Waals surface area contributed by atoms with Gasteiger partial charge in [0.1, 0.15) is 0 Å². The van der Waals surface area contributed by atoms with E-state index in [1.54, 1.807) is 0 Å². The van der Waals surface area contributed by atoms with Crippen molar-refractivity contribution in [3.05, 3.63) is 65.3 Å². The number of anilines is 1. The van der Waals surface area contributed by atoms with Crippen molar-refractivity contribution in [2.45, 2.75) is 6.54 Å². The van der Waals surface area contributed by atoms with Crippen LogP contribution in [0.2, 0.25) is 5.02 Å². The van der Waals surface area contributed by atoms with Crippen LogP contribution >= 0.6 is 11.6 Å². The highest BCUT2D eigenvalue weighted by atomic mass is 35.5. The van der Waals surface area contributed by atoms with E-state index in [4.69, 9.17) is 26.1 Å². The molecule has 4 aromatic rings. The van der Waals surface area contributed by atoms with Crippen molar-refractivity contribution < 1.29 is 9.47 Å². The zero-order valence-corrected chi connectivity index (χ0v) is 17.2. The molecule has 0 radical (unpaired) electrons. The predicted molar refractivity (Wildman–Crippen MR) is 118 cm³/mol. The maximum absolute atomic E-state index is 6.22. The lowest BCUT2D eigenvalue weighted by Crippen LogP contribution is -2.46. The van der Waals surface area contributed by atoms with Crippen LogP contribution in [0, 0.1) is 0 Å². The molecule has 1 fully saturated rings. The molecule has 2 aromatic heterocycles. The molecule has 0 spiro atoms. The fourth-order valence-corrected chi connectivity index (χ4v) is 4.54. The molecule has 6 rings (SSSR count). The Balaban J connectivity index is 1.22. The molecule has 0 atom stereocenters. The first kappa shape index (κ1) is 17.9. The summed E-state index contributed by atoms with van der Waals surface area (Å²) in [6.07, 6.45) is 2.08. The van der Waals surface area contributed by atoms with E-state index in [9.17, 15) is 0 Å². The second-order valence-corrected chi connectivity index (χ2v) is 8.22. The fourth-order valence-electron chi connectivity index (χ4n) is 4.38. The average molecular weight is 421 g/mol. The van der Waals surface area contributed by atoms with Gasteiger partial charge in [0.25, 0.3) is 0 Å². The van der Waals surface area contributed by atoms with E-state index in [0.717, 1.165) is 71.6 Å². The van der Waals surface area contributed by atoms with E-state index < -0.39 is 0 Å². The minimum atomic E-state index is 0.316. The molecule has 0 unspecified atom stereocenters. The van der Waals surface area contributed by atoms with Crippen molar-refractivity contribution in [3.8, 4) is 11.5 Å². The minimum absolute atomic E-state index is 0.316. The third-order valence-electron chi connectivity index (χ3n) is 5.92. The number of benzene rings is 2. The molecular formula is C23H21ClN4O2. The van der Waals surface area contributed by atoms with Crippen molar-refractivity contribution in [1.29, 1.82) is 0 Å². The van der Waals surface area contributed by atoms with Gasteiger partial charge in [-0.2, -0.15) is 0 Å². The Kier molecular flexibility index (Phi) is 4.21. The minimum Gasteiger partial charge on any atom is -0.454 e. The number of ether oxygens (including phenoxy) is 2. The first-order valence-corrected chi connectivity index (χ1v) is 10.5. The highest BCUT2D eigenvalue weighted by molar-refractivity contribution is 6.31. The van der Waals surface area contributed by atoms with E-state index in [-0.39, 0.29) is 0 Å². The molecule has 1 saturated heterocycles. The summed E-state index contributed by atoms with van der Waals surface area (Å²) >= 11 is 6.22. The van der Waals surface area contributed by atoms with Gasteiger partial charge in [-0.1, -0.05) is 17.7 Å². The number of hydrogen-bond donors (Lipinski definition) is 0. The van der Waals surface area contributed by atoms with Gasteiger partial charge in [-0.3, -0.25) is 4.90 Å². The standard InChI is InChI=1S/C23H21ClN4O2/c24-17-4-5-18-20(13-17)28-7-1-2-19(28)23(25-18)27-10-8-26(9-11-27)14-16-3-6-21-22(12-16)30-15-29-21/h1-7,12-13H,8-11,14-15H2. The lowest BCUT2D eigenvalue weighted by molar-refractivity contribution is 0.174. The first-order chi connectivity index (χ1) is 14.7. The van der Waals surface area contributed by atoms with Crippen molar-refractivity contribution in [2.75, 3.05) is 37.9 Å². The highest BCUT2D eigenvalue weighted by Crippen LogP contribution is 2.33. The summed E-state index contributed by atoms with van der Waals surface area (Å²) in [5.74, 6) is 2.73. The summed E-state index contributed by atoms with van der Waals surface area (Å²) < 4.78 is 13.1. The Labute approximate surface area is 179 Å². The zero-order valence-electron chi connectivity index (χ0n) is 16.4. The first-order valence-electron chi connectivity index (χ1n) is 10.2. The van der Waals surface area contributed by atoms with Crippen LogP contribution in [0.3, 0.4) is 0 Å². The summed E-state index contributed by atoms with van der Waals surface area (Å²) in [6, 6.07) is 16.3. The van der Waals surface area contributed by atoms with Crippen LogP contribution in [0.4, 0.5) is 5.82 Å². The van der Waals surface area contributed by atoms with Crippen LogP contribution in [0.25, 0.3) is 16.6 Å². The van der Waals surface area contributed by atoms with Gasteiger partial charge in [0.05, 0.1) is 16.6 Å². The molecule has 152 valence electrons. The monoisotopic (exact) mass is 420 g/mol. The van der Waals surface area contributed by atoms with Crippen LogP contribution in [-0.2, 0) is 6.54 Å². The summed E-state index contributed by atoms with van der Waals surface area (Å²) in [5, 5.41) is 0.726. The molecule has 0 amide bonds. The van der Waals surface area contributed by atoms with Gasteiger partial charge in [-0.25, -0.2) is 4.98 Å². The molecule has 7 heteroatoms. The summed E-state index contributed by atoms with van der Waals surface area (Å²) in [5.41, 5.74) is 4.37. The van der Waals surface area contributed by atoms with Crippen molar-refractivity contribution in [1.82, 2.24) is 14.3 Å². The van der Waals surface area contributed by atoms with Gasteiger partial charge in [-0.15, -0.1) is 0 Å². The van der Waals surface area contributed by atoms with Gasteiger partial charge in [-0.05, 0) is 48.0 Å². The van der Waals surface area contributed by atoms with E-state index >= 15 is 0 Å². The number of aromatic nitrogens is 2. The zero-order chi connectivity index (χ0) is 20.1. The molecule has 0 saturated carbocycles. The van der Waals surface area contributed by atoms with Crippen LogP contribution < -0.4 is 14.4 Å². The number of rotatable bonds is 3. The molecule has 30 heavy (non-hydrogen) atoms. The second-order valence-electron chi connectivity index (χ2n) is 7.78. The SMILES string of the molecule is Clc1ccc2nc(N3CCN(Cc4ccc5c(c4)OCO5)CC3)c3cccn3c2c1. The fraction of sp³-hybridized carbons (Fsp3) is 0.261. The lowest BCUT2D eigenvalue weighted by atomic mass is 10.1. The molecule has 0 N–H and O–H groups in total. The topological polar surface area (TPSA) is 42.2 Å². The van der Waals surface area contributed by atoms with Crippen LogP contribution in [0.15, 0.2) is 54.7 Å². The maximum atomic E-state index is 6.22. The molecule has 2 aliphatic heterocycles. The lowest BCUT2D eigenvalue weighted by Gasteiger charge is -2.35. The number of halogens is 1. The third kappa shape index (κ3) is 3.04. The van der Waals surface area contributed by atoms with E-state index in [1.807, 2.05) is 24.3 Å². The van der Waals surface area contributed by atoms with Crippen molar-refractivity contribution in [2.24, 2.45) is 0 Å². The molecule has 0 aliphatic carbocycles. The molecule has 2 aliphatic rings. The maximum Gasteiger partial charge on any atom is 0.231 e. The predicted octanol–water partition coefficient (Wildman–Crippen LogP) is 4.19. The number of piperazine rings is 1. The van der Waals surface area contributed by atoms with Crippen LogP contribution in [-0.4, -0.2) is 47.3 Å². The normalized spacial score (nSPS) is 16.6. The van der Waals surface area contributed by atoms with Gasteiger partial charge in [0, 0.05) is 43.9 Å². The van der Waals surface area contributed by atoms with Crippen LogP contribution in [0.5, 0.6) is 11.5 Å². The van der Waals surface area contributed by atoms with Gasteiger partial charge in [0.2, 0.25) is 6.79 Å². The Bertz CT molecular complexity index is 1250. The Morgan fingerprint density at radius 3 is 2.67 bits per heavy atom. The molecule has 4 heterocycles. The van der Waals surface area contributed by atoms with Gasteiger partial charge < -0.3 is 18.8 Å². The highest BCUT2D eigenvalue weighted by Gasteiger charge is 2.22. The molecule has 6 nitrogen and oxygen atoms in total. The van der Waals surface area contributed by atoms with Gasteiger partial charge in [0.15, 0.2) is 17.3 Å². The molecule has 2 aromatic carbocycles. The number of fused-ring (bicyclic) bond motifs is 4. The summed E-state index contributed by atoms with van der Waals surface area (Å²) in [7, 11) is 0. The Morgan fingerprint density at radius 1 is 0.900 bits per heavy atom. The number of hydrogen-bond acceptors (Lipinski definition) is 5. The molecule has 0 bridgehead atoms. The quantitative estimate of drug-likeness (QED) is 0.497. The number of nitrogens with zero attached hydrogens (tertiary/aromatic N) is 4. The van der Waals surface area contributed by atoms with Crippen molar-refractivity contribution in [3.63, 3.8) is 0 Å². The Hall–Kier alpha value is -2.96. The van der Waals surface area contributed by atoms with E-state index in [1.165, 1.54) is 5.56 Å². The molecular weight excluding hydrogens is 400 g/mol. The van der Waals surface area contributed by atoms with E-state index in [0.29, 0.717) is 6.79 Å². The largest absolute Gasteiger partial charge is 0.454 e. The Morgan fingerprint density at radius 2 is 1.77 bits per heavy atom. The van der Waals surface area contributed by atoms with Crippen molar-refractivity contribution >= 4 is 34.0 Å². The van der Waals surface area contributed by atoms with Gasteiger partial charge >= 0.3 is 0 Å². The smallest absolute Gasteiger partial charge is 0.231 e. The summed E-state index contributed by atoms with van der Waals surface area (Å²) in [6.45, 7) is 5.09. The van der Waals surface area contributed by atoms with Crippen LogP contribution in [0.1, 0.15) is 5.56 Å². The van der Waals surface area contributed by atoms with E-state index in [2.05, 4.69) is 44.7 Å². The summed E-state index contributed by atoms with van der Waals surface area (Å²) in [4.78, 5) is 9.85.